The third kappa shape index (κ3) is 4.47. The average molecular weight is 415 g/mol. The monoisotopic (exact) mass is 414 g/mol. The van der Waals surface area contributed by atoms with E-state index in [4.69, 9.17) is 9.73 Å². The summed E-state index contributed by atoms with van der Waals surface area (Å²) in [6, 6.07) is 12.9. The summed E-state index contributed by atoms with van der Waals surface area (Å²) >= 11 is 3.58. The Bertz CT molecular complexity index is 786. The van der Waals surface area contributed by atoms with Crippen LogP contribution >= 0.6 is 15.9 Å². The van der Waals surface area contributed by atoms with Gasteiger partial charge in [-0.25, -0.2) is 0 Å². The van der Waals surface area contributed by atoms with Gasteiger partial charge in [0.15, 0.2) is 0 Å². The van der Waals surface area contributed by atoms with Gasteiger partial charge in [0.1, 0.15) is 11.6 Å². The topological polar surface area (TPSA) is 33.6 Å². The fourth-order valence-electron chi connectivity index (χ4n) is 3.57. The number of halogens is 1. The molecule has 0 bridgehead atoms. The molecule has 0 spiro atoms. The van der Waals surface area contributed by atoms with Crippen molar-refractivity contribution in [1.29, 1.82) is 0 Å². The molecule has 0 saturated heterocycles. The van der Waals surface area contributed by atoms with Crippen molar-refractivity contribution in [3.05, 3.63) is 63.1 Å². The molecule has 0 saturated carbocycles. The van der Waals surface area contributed by atoms with Crippen molar-refractivity contribution in [3.8, 4) is 5.75 Å². The molecule has 0 radical (unpaired) electrons. The van der Waals surface area contributed by atoms with Crippen LogP contribution in [-0.4, -0.2) is 26.0 Å². The number of amidine groups is 1. The van der Waals surface area contributed by atoms with Crippen molar-refractivity contribution in [2.75, 3.05) is 20.2 Å². The summed E-state index contributed by atoms with van der Waals surface area (Å²) in [5.41, 5.74) is 5.36. The van der Waals surface area contributed by atoms with E-state index in [9.17, 15) is 0 Å². The van der Waals surface area contributed by atoms with Crippen LogP contribution in [-0.2, 0) is 19.3 Å². The zero-order valence-electron chi connectivity index (χ0n) is 15.6. The molecule has 138 valence electrons. The maximum Gasteiger partial charge on any atom is 0.128 e. The van der Waals surface area contributed by atoms with Gasteiger partial charge in [0, 0.05) is 23.1 Å². The van der Waals surface area contributed by atoms with Gasteiger partial charge in [0.05, 0.1) is 7.11 Å². The first kappa shape index (κ1) is 19.0. The predicted octanol–water partition coefficient (Wildman–Crippen LogP) is 4.94. The van der Waals surface area contributed by atoms with E-state index in [0.717, 1.165) is 61.3 Å². The molecule has 0 aliphatic carbocycles. The minimum absolute atomic E-state index is 0.916. The maximum atomic E-state index is 5.56. The van der Waals surface area contributed by atoms with Crippen molar-refractivity contribution in [2.24, 2.45) is 4.99 Å². The Hall–Kier alpha value is -1.81. The van der Waals surface area contributed by atoms with E-state index in [2.05, 4.69) is 52.4 Å². The lowest BCUT2D eigenvalue weighted by Gasteiger charge is -2.20. The van der Waals surface area contributed by atoms with Gasteiger partial charge in [0.25, 0.3) is 0 Å². The lowest BCUT2D eigenvalue weighted by molar-refractivity contribution is 0.409. The number of benzene rings is 2. The highest BCUT2D eigenvalue weighted by Gasteiger charge is 2.15. The Labute approximate surface area is 165 Å². The number of aryl methyl sites for hydroxylation is 2. The van der Waals surface area contributed by atoms with Gasteiger partial charge in [-0.05, 0) is 60.6 Å². The van der Waals surface area contributed by atoms with Crippen LogP contribution in [0.25, 0.3) is 0 Å². The van der Waals surface area contributed by atoms with E-state index in [-0.39, 0.29) is 0 Å². The predicted molar refractivity (Wildman–Crippen MR) is 113 cm³/mol. The van der Waals surface area contributed by atoms with Gasteiger partial charge in [-0.15, -0.1) is 0 Å². The molecule has 0 aromatic heterocycles. The number of nitrogens with one attached hydrogen (secondary N) is 1. The first-order chi connectivity index (χ1) is 12.7. The molecule has 0 atom stereocenters. The van der Waals surface area contributed by atoms with Crippen LogP contribution in [0.2, 0.25) is 0 Å². The Morgan fingerprint density at radius 1 is 1.12 bits per heavy atom. The van der Waals surface area contributed by atoms with Crippen molar-refractivity contribution in [2.45, 2.75) is 39.0 Å². The molecule has 1 aliphatic rings. The first-order valence-electron chi connectivity index (χ1n) is 9.44. The van der Waals surface area contributed by atoms with Gasteiger partial charge >= 0.3 is 0 Å². The highest BCUT2D eigenvalue weighted by molar-refractivity contribution is 9.10. The number of hydrogen-bond donors (Lipinski definition) is 1. The lowest BCUT2D eigenvalue weighted by atomic mass is 9.92. The first-order valence-corrected chi connectivity index (χ1v) is 10.2. The van der Waals surface area contributed by atoms with Crippen LogP contribution in [0.15, 0.2) is 45.9 Å². The quantitative estimate of drug-likeness (QED) is 0.696. The Balaban J connectivity index is 1.92. The largest absolute Gasteiger partial charge is 0.496 e. The summed E-state index contributed by atoms with van der Waals surface area (Å²) in [6.07, 6.45) is 5.30. The maximum absolute atomic E-state index is 5.56. The van der Waals surface area contributed by atoms with Gasteiger partial charge < -0.3 is 10.1 Å². The molecular weight excluding hydrogens is 388 g/mol. The van der Waals surface area contributed by atoms with Crippen LogP contribution < -0.4 is 10.1 Å². The van der Waals surface area contributed by atoms with E-state index in [1.807, 2.05) is 12.1 Å². The fourth-order valence-corrected chi connectivity index (χ4v) is 3.98. The summed E-state index contributed by atoms with van der Waals surface area (Å²) in [6.45, 7) is 4.17. The summed E-state index contributed by atoms with van der Waals surface area (Å²) in [7, 11) is 1.74. The Kier molecular flexibility index (Phi) is 6.73. The SMILES string of the molecule is CCCc1cccc(C2=NCCCN2)c1CCc1cc(Br)ccc1OC. The molecule has 3 rings (SSSR count). The molecule has 26 heavy (non-hydrogen) atoms. The second-order valence-electron chi connectivity index (χ2n) is 6.66. The second kappa shape index (κ2) is 9.22. The van der Waals surface area contributed by atoms with E-state index in [0.29, 0.717) is 0 Å². The van der Waals surface area contributed by atoms with Gasteiger partial charge in [0.2, 0.25) is 0 Å². The number of ether oxygens (including phenoxy) is 1. The van der Waals surface area contributed by atoms with E-state index < -0.39 is 0 Å². The molecule has 1 aliphatic heterocycles. The number of hydrogen-bond acceptors (Lipinski definition) is 3. The lowest BCUT2D eigenvalue weighted by Crippen LogP contribution is -2.31. The van der Waals surface area contributed by atoms with Crippen molar-refractivity contribution in [1.82, 2.24) is 5.32 Å². The van der Waals surface area contributed by atoms with E-state index >= 15 is 0 Å². The summed E-state index contributed by atoms with van der Waals surface area (Å²) in [4.78, 5) is 4.74. The summed E-state index contributed by atoms with van der Waals surface area (Å²) in [5, 5.41) is 3.49. The van der Waals surface area contributed by atoms with Gasteiger partial charge in [-0.2, -0.15) is 0 Å². The molecule has 0 unspecified atom stereocenters. The highest BCUT2D eigenvalue weighted by atomic mass is 79.9. The smallest absolute Gasteiger partial charge is 0.128 e. The van der Waals surface area contributed by atoms with Crippen LogP contribution in [0.3, 0.4) is 0 Å². The van der Waals surface area contributed by atoms with Gasteiger partial charge in [-0.1, -0.05) is 47.5 Å². The Morgan fingerprint density at radius 3 is 2.73 bits per heavy atom. The molecule has 0 amide bonds. The number of nitrogens with zero attached hydrogens (tertiary/aromatic N) is 1. The Morgan fingerprint density at radius 2 is 2.00 bits per heavy atom. The zero-order chi connectivity index (χ0) is 18.4. The van der Waals surface area contributed by atoms with Crippen molar-refractivity contribution < 1.29 is 4.74 Å². The molecule has 2 aromatic carbocycles. The molecule has 1 N–H and O–H groups in total. The normalized spacial score (nSPS) is 13.9. The number of rotatable bonds is 7. The number of methoxy groups -OCH3 is 1. The standard InChI is InChI=1S/C22H27BrN2O/c1-3-6-16-7-4-8-20(22-24-13-5-14-25-22)19(16)11-9-17-15-18(23)10-12-21(17)26-2/h4,7-8,10,12,15H,3,5-6,9,11,13-14H2,1-2H3,(H,24,25). The van der Waals surface area contributed by atoms with E-state index in [1.54, 1.807) is 7.11 Å². The van der Waals surface area contributed by atoms with E-state index in [1.165, 1.54) is 22.3 Å². The minimum Gasteiger partial charge on any atom is -0.496 e. The van der Waals surface area contributed by atoms with Crippen LogP contribution in [0, 0.1) is 0 Å². The molecular formula is C22H27BrN2O. The van der Waals surface area contributed by atoms with Crippen molar-refractivity contribution >= 4 is 21.8 Å². The molecule has 2 aromatic rings. The number of aliphatic imine (C=N–C) groups is 1. The van der Waals surface area contributed by atoms with Crippen molar-refractivity contribution in [3.63, 3.8) is 0 Å². The molecule has 4 heteroatoms. The highest BCUT2D eigenvalue weighted by Crippen LogP contribution is 2.26. The zero-order valence-corrected chi connectivity index (χ0v) is 17.2. The fraction of sp³-hybridized carbons (Fsp3) is 0.409. The van der Waals surface area contributed by atoms with Crippen LogP contribution in [0.1, 0.15) is 42.0 Å². The minimum atomic E-state index is 0.916. The average Bonchev–Trinajstić information content (AvgIpc) is 2.68. The van der Waals surface area contributed by atoms with Crippen LogP contribution in [0.5, 0.6) is 5.75 Å². The summed E-state index contributed by atoms with van der Waals surface area (Å²) in [5.74, 6) is 2.02. The van der Waals surface area contributed by atoms with Crippen LogP contribution in [0.4, 0.5) is 0 Å². The third-order valence-corrected chi connectivity index (χ3v) is 5.32. The molecule has 3 nitrogen and oxygen atoms in total. The summed E-state index contributed by atoms with van der Waals surface area (Å²) < 4.78 is 6.65. The molecule has 1 heterocycles. The third-order valence-electron chi connectivity index (χ3n) is 4.83. The second-order valence-corrected chi connectivity index (χ2v) is 7.58. The van der Waals surface area contributed by atoms with Gasteiger partial charge in [-0.3, -0.25) is 4.99 Å². The molecule has 0 fully saturated rings.